The molecule has 1 atom stereocenters. The molecule has 33 heavy (non-hydrogen) atoms. The van der Waals surface area contributed by atoms with Crippen molar-refractivity contribution in [1.29, 1.82) is 0 Å². The van der Waals surface area contributed by atoms with Crippen LogP contribution in [0.1, 0.15) is 82.2 Å². The Bertz CT molecular complexity index is 963. The molecule has 1 unspecified atom stereocenters. The van der Waals surface area contributed by atoms with Crippen molar-refractivity contribution in [1.82, 2.24) is 4.90 Å². The van der Waals surface area contributed by atoms with Crippen LogP contribution in [0.5, 0.6) is 0 Å². The van der Waals surface area contributed by atoms with Crippen molar-refractivity contribution in [3.05, 3.63) is 102 Å². The van der Waals surface area contributed by atoms with E-state index in [9.17, 15) is 0 Å². The second kappa shape index (κ2) is 14.2. The largest absolute Gasteiger partial charge is 0.388 e. The first-order valence-corrected chi connectivity index (χ1v) is 12.1. The lowest BCUT2D eigenvalue weighted by molar-refractivity contribution is 0.400. The van der Waals surface area contributed by atoms with Crippen LogP contribution in [-0.2, 0) is 0 Å². The van der Waals surface area contributed by atoms with Gasteiger partial charge in [-0.15, -0.1) is 6.58 Å². The molecule has 2 aromatic rings. The summed E-state index contributed by atoms with van der Waals surface area (Å²) in [4.78, 5) is 2.29. The van der Waals surface area contributed by atoms with Crippen LogP contribution in [0.25, 0.3) is 11.1 Å². The minimum absolute atomic E-state index is 0.201. The average molecular weight is 445 g/mol. The van der Waals surface area contributed by atoms with Gasteiger partial charge in [0.25, 0.3) is 0 Å². The smallest absolute Gasteiger partial charge is 0.0793 e. The fourth-order valence-electron chi connectivity index (χ4n) is 3.73. The molecule has 1 N–H and O–H groups in total. The predicted molar refractivity (Wildman–Crippen MR) is 151 cm³/mol. The van der Waals surface area contributed by atoms with Gasteiger partial charge in [0.05, 0.1) is 6.04 Å². The van der Waals surface area contributed by atoms with E-state index < -0.39 is 0 Å². The summed E-state index contributed by atoms with van der Waals surface area (Å²) < 4.78 is 0. The minimum atomic E-state index is 0.201. The Morgan fingerprint density at radius 2 is 1.82 bits per heavy atom. The fourth-order valence-corrected chi connectivity index (χ4v) is 3.73. The molecule has 0 fully saturated rings. The molecule has 3 rings (SSSR count). The predicted octanol–water partition coefficient (Wildman–Crippen LogP) is 9.08. The second-order valence-corrected chi connectivity index (χ2v) is 8.34. The van der Waals surface area contributed by atoms with Crippen LogP contribution < -0.4 is 5.32 Å². The van der Waals surface area contributed by atoms with Gasteiger partial charge in [0.15, 0.2) is 0 Å². The molecule has 0 saturated heterocycles. The minimum Gasteiger partial charge on any atom is -0.388 e. The monoisotopic (exact) mass is 444 g/mol. The van der Waals surface area contributed by atoms with Gasteiger partial charge in [-0.25, -0.2) is 0 Å². The van der Waals surface area contributed by atoms with E-state index in [-0.39, 0.29) is 6.04 Å². The SMILES string of the molecule is C=C(C)c1cc(C2=CC=CN(C)C2c2cccc(C(C)C)c2)ccc1NC.C=CCC.CC. The highest BCUT2D eigenvalue weighted by molar-refractivity contribution is 5.81. The van der Waals surface area contributed by atoms with Crippen LogP contribution in [0, 0.1) is 0 Å². The summed E-state index contributed by atoms with van der Waals surface area (Å²) in [6.07, 6.45) is 9.48. The standard InChI is InChI=1S/C25H30N2.C4H8.C2H6/c1-17(2)19-9-7-10-21(15-19)25-22(11-8-14-27(25)6)20-12-13-24(26-5)23(16-20)18(3)4;1-3-4-2;1-2/h7-17,25-26H,3H2,1-2,4-6H3;3H,1,4H2,2H3;1-2H3. The van der Waals surface area contributed by atoms with Crippen molar-refractivity contribution in [2.24, 2.45) is 0 Å². The first-order chi connectivity index (χ1) is 15.8. The highest BCUT2D eigenvalue weighted by Gasteiger charge is 2.24. The van der Waals surface area contributed by atoms with E-state index in [1.54, 1.807) is 0 Å². The van der Waals surface area contributed by atoms with Crippen LogP contribution >= 0.6 is 0 Å². The number of rotatable bonds is 6. The number of anilines is 1. The zero-order valence-corrected chi connectivity index (χ0v) is 22.1. The zero-order chi connectivity index (χ0) is 25.0. The Morgan fingerprint density at radius 1 is 1.15 bits per heavy atom. The number of hydrogen-bond donors (Lipinski definition) is 1. The average Bonchev–Trinajstić information content (AvgIpc) is 2.84. The van der Waals surface area contributed by atoms with Crippen LogP contribution in [0.15, 0.2) is 80.1 Å². The van der Waals surface area contributed by atoms with Gasteiger partial charge in [-0.2, -0.15) is 0 Å². The molecule has 1 heterocycles. The van der Waals surface area contributed by atoms with E-state index in [0.717, 1.165) is 17.7 Å². The number of allylic oxidation sites excluding steroid dienone is 4. The van der Waals surface area contributed by atoms with E-state index in [1.807, 2.05) is 27.0 Å². The molecule has 0 aromatic heterocycles. The maximum absolute atomic E-state index is 4.16. The third-order valence-corrected chi connectivity index (χ3v) is 5.56. The number of benzene rings is 2. The summed E-state index contributed by atoms with van der Waals surface area (Å²) >= 11 is 0. The van der Waals surface area contributed by atoms with Crippen molar-refractivity contribution in [2.75, 3.05) is 19.4 Å². The highest BCUT2D eigenvalue weighted by Crippen LogP contribution is 2.39. The summed E-state index contributed by atoms with van der Waals surface area (Å²) in [6.45, 7) is 20.3. The molecular formula is C31H44N2. The zero-order valence-electron chi connectivity index (χ0n) is 22.1. The van der Waals surface area contributed by atoms with Crippen molar-refractivity contribution < 1.29 is 0 Å². The number of likely N-dealkylation sites (N-methyl/N-ethyl adjacent to an activating group) is 1. The summed E-state index contributed by atoms with van der Waals surface area (Å²) in [5.41, 5.74) is 8.61. The van der Waals surface area contributed by atoms with E-state index in [4.69, 9.17) is 0 Å². The van der Waals surface area contributed by atoms with Crippen molar-refractivity contribution in [2.45, 2.75) is 59.9 Å². The summed E-state index contributed by atoms with van der Waals surface area (Å²) in [7, 11) is 4.11. The summed E-state index contributed by atoms with van der Waals surface area (Å²) in [5.74, 6) is 0.520. The Kier molecular flexibility index (Phi) is 12.1. The van der Waals surface area contributed by atoms with Gasteiger partial charge in [-0.05, 0) is 71.5 Å². The van der Waals surface area contributed by atoms with Gasteiger partial charge < -0.3 is 10.2 Å². The number of hydrogen-bond acceptors (Lipinski definition) is 2. The van der Waals surface area contributed by atoms with Crippen LogP contribution in [-0.4, -0.2) is 19.0 Å². The van der Waals surface area contributed by atoms with Gasteiger partial charge in [0.1, 0.15) is 0 Å². The number of nitrogens with one attached hydrogen (secondary N) is 1. The Hall–Kier alpha value is -3.00. The lowest BCUT2D eigenvalue weighted by Gasteiger charge is -2.33. The molecule has 0 radical (unpaired) electrons. The first-order valence-electron chi connectivity index (χ1n) is 12.1. The molecule has 2 nitrogen and oxygen atoms in total. The molecule has 1 aliphatic heterocycles. The van der Waals surface area contributed by atoms with Gasteiger partial charge in [-0.3, -0.25) is 0 Å². The van der Waals surface area contributed by atoms with Gasteiger partial charge in [0.2, 0.25) is 0 Å². The summed E-state index contributed by atoms with van der Waals surface area (Å²) in [5, 5.41) is 3.27. The maximum atomic E-state index is 4.16. The normalized spacial score (nSPS) is 14.4. The molecule has 0 amide bonds. The third-order valence-electron chi connectivity index (χ3n) is 5.56. The second-order valence-electron chi connectivity index (χ2n) is 8.34. The first kappa shape index (κ1) is 28.0. The molecule has 2 heteroatoms. The quantitative estimate of drug-likeness (QED) is 0.447. The lowest BCUT2D eigenvalue weighted by atomic mass is 9.87. The van der Waals surface area contributed by atoms with Gasteiger partial charge in [-0.1, -0.05) is 83.7 Å². The third kappa shape index (κ3) is 7.53. The Balaban J connectivity index is 0.000000820. The fraction of sp³-hybridized carbons (Fsp3) is 0.355. The molecule has 2 aromatic carbocycles. The molecule has 0 spiro atoms. The molecule has 0 aliphatic carbocycles. The molecule has 1 aliphatic rings. The number of nitrogens with zero attached hydrogens (tertiary/aromatic N) is 1. The summed E-state index contributed by atoms with van der Waals surface area (Å²) in [6, 6.07) is 15.8. The van der Waals surface area contributed by atoms with Crippen LogP contribution in [0.4, 0.5) is 5.69 Å². The molecular weight excluding hydrogens is 400 g/mol. The van der Waals surface area contributed by atoms with Crippen molar-refractivity contribution in [3.63, 3.8) is 0 Å². The van der Waals surface area contributed by atoms with Crippen LogP contribution in [0.2, 0.25) is 0 Å². The van der Waals surface area contributed by atoms with E-state index >= 15 is 0 Å². The molecule has 0 bridgehead atoms. The topological polar surface area (TPSA) is 15.3 Å². The molecule has 178 valence electrons. The lowest BCUT2D eigenvalue weighted by Crippen LogP contribution is -2.22. The van der Waals surface area contributed by atoms with Crippen LogP contribution in [0.3, 0.4) is 0 Å². The maximum Gasteiger partial charge on any atom is 0.0793 e. The van der Waals surface area contributed by atoms with Crippen molar-refractivity contribution in [3.8, 4) is 0 Å². The van der Waals surface area contributed by atoms with E-state index in [1.165, 1.54) is 27.8 Å². The van der Waals surface area contributed by atoms with Gasteiger partial charge in [0, 0.05) is 25.3 Å². The van der Waals surface area contributed by atoms with Gasteiger partial charge >= 0.3 is 0 Å². The molecule has 0 saturated carbocycles. The Morgan fingerprint density at radius 3 is 2.36 bits per heavy atom. The Labute approximate surface area is 203 Å². The van der Waals surface area contributed by atoms with E-state index in [2.05, 4.69) is 119 Å². The van der Waals surface area contributed by atoms with E-state index in [0.29, 0.717) is 5.92 Å². The van der Waals surface area contributed by atoms with Crippen molar-refractivity contribution >= 4 is 16.8 Å². The highest BCUT2D eigenvalue weighted by atomic mass is 15.1.